The maximum Gasteiger partial charge on any atom is 0.416 e. The highest BCUT2D eigenvalue weighted by Crippen LogP contribution is 2.30. The van der Waals surface area contributed by atoms with Gasteiger partial charge in [0.15, 0.2) is 0 Å². The van der Waals surface area contributed by atoms with Crippen molar-refractivity contribution in [3.05, 3.63) is 58.7 Å². The molecule has 26 heavy (non-hydrogen) atoms. The lowest BCUT2D eigenvalue weighted by Gasteiger charge is -2.14. The van der Waals surface area contributed by atoms with E-state index in [-0.39, 0.29) is 18.8 Å². The lowest BCUT2D eigenvalue weighted by molar-refractivity contribution is -0.137. The van der Waals surface area contributed by atoms with Crippen molar-refractivity contribution >= 4 is 11.7 Å². The van der Waals surface area contributed by atoms with Crippen LogP contribution in [0.4, 0.5) is 23.7 Å². The van der Waals surface area contributed by atoms with Crippen LogP contribution in [0.25, 0.3) is 0 Å². The Hall–Kier alpha value is -2.70. The van der Waals surface area contributed by atoms with Gasteiger partial charge in [-0.2, -0.15) is 13.2 Å². The van der Waals surface area contributed by atoms with Crippen molar-refractivity contribution in [1.29, 1.82) is 0 Å². The number of amides is 2. The fraction of sp³-hybridized carbons (Fsp3) is 0.316. The number of carbonyl (C=O) groups excluding carboxylic acids is 1. The molecule has 0 radical (unpaired) electrons. The Morgan fingerprint density at radius 1 is 1.08 bits per heavy atom. The molecule has 0 unspecified atom stereocenters. The highest BCUT2D eigenvalue weighted by Gasteiger charge is 2.30. The minimum atomic E-state index is -4.45. The summed E-state index contributed by atoms with van der Waals surface area (Å²) in [7, 11) is 0. The van der Waals surface area contributed by atoms with Gasteiger partial charge in [0.1, 0.15) is 12.4 Å². The van der Waals surface area contributed by atoms with Gasteiger partial charge < -0.3 is 15.4 Å². The number of carbonyl (C=O) groups is 1. The summed E-state index contributed by atoms with van der Waals surface area (Å²) in [6.07, 6.45) is -4.45. The van der Waals surface area contributed by atoms with E-state index in [0.717, 1.165) is 34.6 Å². The molecule has 0 fully saturated rings. The summed E-state index contributed by atoms with van der Waals surface area (Å²) >= 11 is 0. The molecular formula is C19H21F3N2O2. The number of hydrogen-bond donors (Lipinski definition) is 2. The minimum absolute atomic E-state index is 0.0727. The van der Waals surface area contributed by atoms with E-state index in [4.69, 9.17) is 4.74 Å². The van der Waals surface area contributed by atoms with Crippen LogP contribution in [-0.4, -0.2) is 19.2 Å². The summed E-state index contributed by atoms with van der Waals surface area (Å²) < 4.78 is 43.7. The molecule has 2 N–H and O–H groups in total. The van der Waals surface area contributed by atoms with Crippen LogP contribution in [0, 0.1) is 20.8 Å². The second-order valence-corrected chi connectivity index (χ2v) is 6.04. The van der Waals surface area contributed by atoms with Crippen LogP contribution in [0.2, 0.25) is 0 Å². The van der Waals surface area contributed by atoms with E-state index in [1.807, 2.05) is 32.9 Å². The van der Waals surface area contributed by atoms with Gasteiger partial charge in [0.2, 0.25) is 0 Å². The maximum absolute atomic E-state index is 12.7. The van der Waals surface area contributed by atoms with E-state index < -0.39 is 17.8 Å². The van der Waals surface area contributed by atoms with Gasteiger partial charge in [0, 0.05) is 5.69 Å². The van der Waals surface area contributed by atoms with Crippen molar-refractivity contribution in [3.63, 3.8) is 0 Å². The highest BCUT2D eigenvalue weighted by molar-refractivity contribution is 5.89. The normalized spacial score (nSPS) is 11.2. The topological polar surface area (TPSA) is 50.4 Å². The zero-order valence-corrected chi connectivity index (χ0v) is 14.8. The second-order valence-electron chi connectivity index (χ2n) is 6.04. The zero-order chi connectivity index (χ0) is 19.3. The molecule has 0 aliphatic rings. The fourth-order valence-electron chi connectivity index (χ4n) is 2.66. The summed E-state index contributed by atoms with van der Waals surface area (Å²) in [6, 6.07) is 7.89. The van der Waals surface area contributed by atoms with Gasteiger partial charge >= 0.3 is 12.2 Å². The van der Waals surface area contributed by atoms with E-state index in [0.29, 0.717) is 0 Å². The largest absolute Gasteiger partial charge is 0.491 e. The third-order valence-electron chi connectivity index (χ3n) is 3.69. The molecule has 2 amide bonds. The number of ether oxygens (including phenoxy) is 1. The predicted molar refractivity (Wildman–Crippen MR) is 94.6 cm³/mol. The van der Waals surface area contributed by atoms with Crippen LogP contribution < -0.4 is 15.4 Å². The average molecular weight is 366 g/mol. The first-order valence-electron chi connectivity index (χ1n) is 8.09. The summed E-state index contributed by atoms with van der Waals surface area (Å²) in [6.45, 7) is 6.37. The van der Waals surface area contributed by atoms with Gasteiger partial charge in [-0.1, -0.05) is 23.8 Å². The molecule has 0 saturated heterocycles. The predicted octanol–water partition coefficient (Wildman–Crippen LogP) is 4.83. The molecule has 2 rings (SSSR count). The Bertz CT molecular complexity index is 766. The molecule has 2 aromatic carbocycles. The molecule has 7 heteroatoms. The highest BCUT2D eigenvalue weighted by atomic mass is 19.4. The van der Waals surface area contributed by atoms with Gasteiger partial charge in [-0.25, -0.2) is 4.79 Å². The molecule has 4 nitrogen and oxygen atoms in total. The van der Waals surface area contributed by atoms with Crippen LogP contribution in [0.3, 0.4) is 0 Å². The molecule has 0 heterocycles. The number of anilines is 1. The molecular weight excluding hydrogens is 345 g/mol. The minimum Gasteiger partial charge on any atom is -0.491 e. The number of rotatable bonds is 5. The molecule has 0 aliphatic heterocycles. The van der Waals surface area contributed by atoms with E-state index in [1.54, 1.807) is 0 Å². The zero-order valence-electron chi connectivity index (χ0n) is 14.8. The van der Waals surface area contributed by atoms with Gasteiger partial charge in [-0.3, -0.25) is 0 Å². The Labute approximate surface area is 150 Å². The van der Waals surface area contributed by atoms with Crippen LogP contribution in [0.15, 0.2) is 36.4 Å². The van der Waals surface area contributed by atoms with Crippen molar-refractivity contribution in [2.24, 2.45) is 0 Å². The molecule has 0 saturated carbocycles. The quantitative estimate of drug-likeness (QED) is 0.745. The van der Waals surface area contributed by atoms with Gasteiger partial charge in [0.05, 0.1) is 12.1 Å². The van der Waals surface area contributed by atoms with Gasteiger partial charge in [0.25, 0.3) is 0 Å². The Balaban J connectivity index is 1.83. The molecule has 0 atom stereocenters. The maximum atomic E-state index is 12.7. The van der Waals surface area contributed by atoms with Crippen LogP contribution in [0.1, 0.15) is 22.3 Å². The number of benzene rings is 2. The van der Waals surface area contributed by atoms with Gasteiger partial charge in [-0.05, 0) is 50.1 Å². The lowest BCUT2D eigenvalue weighted by Crippen LogP contribution is -2.32. The van der Waals surface area contributed by atoms with Crippen molar-refractivity contribution in [2.45, 2.75) is 26.9 Å². The number of urea groups is 1. The summed E-state index contributed by atoms with van der Waals surface area (Å²) in [5.41, 5.74) is 2.42. The van der Waals surface area contributed by atoms with E-state index in [1.165, 1.54) is 12.1 Å². The summed E-state index contributed by atoms with van der Waals surface area (Å²) in [4.78, 5) is 11.8. The third kappa shape index (κ3) is 5.40. The number of alkyl halides is 3. The molecule has 0 aliphatic carbocycles. The van der Waals surface area contributed by atoms with E-state index in [9.17, 15) is 18.0 Å². The fourth-order valence-corrected chi connectivity index (χ4v) is 2.66. The van der Waals surface area contributed by atoms with E-state index in [2.05, 4.69) is 10.6 Å². The van der Waals surface area contributed by atoms with Crippen molar-refractivity contribution in [3.8, 4) is 5.75 Å². The van der Waals surface area contributed by atoms with Crippen molar-refractivity contribution in [1.82, 2.24) is 5.32 Å². The third-order valence-corrected chi connectivity index (χ3v) is 3.69. The van der Waals surface area contributed by atoms with Crippen molar-refractivity contribution in [2.75, 3.05) is 18.5 Å². The second kappa shape index (κ2) is 8.12. The standard InChI is InChI=1S/C19H21F3N2O2/c1-12-9-13(2)17(14(3)10-12)26-8-7-23-18(25)24-16-6-4-5-15(11-16)19(20,21)22/h4-6,9-11H,7-8H2,1-3H3,(H2,23,24,25). The first kappa shape index (κ1) is 19.6. The van der Waals surface area contributed by atoms with Crippen molar-refractivity contribution < 1.29 is 22.7 Å². The molecule has 0 spiro atoms. The number of hydrogen-bond acceptors (Lipinski definition) is 2. The molecule has 2 aromatic rings. The Morgan fingerprint density at radius 2 is 1.73 bits per heavy atom. The molecule has 0 aromatic heterocycles. The summed E-state index contributed by atoms with van der Waals surface area (Å²) in [5, 5.41) is 4.93. The first-order chi connectivity index (χ1) is 12.2. The molecule has 0 bridgehead atoms. The van der Waals surface area contributed by atoms with Gasteiger partial charge in [-0.15, -0.1) is 0 Å². The SMILES string of the molecule is Cc1cc(C)c(OCCNC(=O)Nc2cccc(C(F)(F)F)c2)c(C)c1. The molecule has 140 valence electrons. The van der Waals surface area contributed by atoms with Crippen LogP contribution in [0.5, 0.6) is 5.75 Å². The number of nitrogens with one attached hydrogen (secondary N) is 2. The van der Waals surface area contributed by atoms with Crippen LogP contribution >= 0.6 is 0 Å². The first-order valence-corrected chi connectivity index (χ1v) is 8.09. The number of aryl methyl sites for hydroxylation is 3. The Kier molecular flexibility index (Phi) is 6.13. The average Bonchev–Trinajstić information content (AvgIpc) is 2.52. The Morgan fingerprint density at radius 3 is 2.35 bits per heavy atom. The monoisotopic (exact) mass is 366 g/mol. The number of halogens is 3. The lowest BCUT2D eigenvalue weighted by atomic mass is 10.1. The summed E-state index contributed by atoms with van der Waals surface area (Å²) in [5.74, 6) is 0.774. The smallest absolute Gasteiger partial charge is 0.416 e. The van der Waals surface area contributed by atoms with E-state index >= 15 is 0 Å². The van der Waals surface area contributed by atoms with Crippen LogP contribution in [-0.2, 0) is 6.18 Å².